The SMILES string of the molecule is CC(N)=NC1C=CCCN=C(C)N2C(=O)OCC12. The van der Waals surface area contributed by atoms with Gasteiger partial charge in [-0.05, 0) is 20.3 Å². The number of rotatable bonds is 1. The van der Waals surface area contributed by atoms with Gasteiger partial charge in [-0.15, -0.1) is 0 Å². The zero-order valence-corrected chi connectivity index (χ0v) is 10.7. The highest BCUT2D eigenvalue weighted by molar-refractivity contribution is 5.95. The lowest BCUT2D eigenvalue weighted by Crippen LogP contribution is -2.43. The molecule has 1 saturated heterocycles. The number of hydrogen-bond donors (Lipinski definition) is 1. The van der Waals surface area contributed by atoms with Crippen LogP contribution in [0.5, 0.6) is 0 Å². The fourth-order valence-corrected chi connectivity index (χ4v) is 2.16. The van der Waals surface area contributed by atoms with E-state index in [0.717, 1.165) is 6.42 Å². The summed E-state index contributed by atoms with van der Waals surface area (Å²) in [7, 11) is 0. The maximum atomic E-state index is 11.7. The normalized spacial score (nSPS) is 29.0. The fraction of sp³-hybridized carbons (Fsp3) is 0.583. The van der Waals surface area contributed by atoms with Crippen LogP contribution in [0.2, 0.25) is 0 Å². The first-order valence-corrected chi connectivity index (χ1v) is 6.03. The van der Waals surface area contributed by atoms with Gasteiger partial charge in [0.15, 0.2) is 0 Å². The molecule has 2 aliphatic heterocycles. The summed E-state index contributed by atoms with van der Waals surface area (Å²) in [6, 6.07) is -0.334. The molecule has 1 fully saturated rings. The monoisotopic (exact) mass is 250 g/mol. The van der Waals surface area contributed by atoms with Crippen LogP contribution < -0.4 is 5.73 Å². The average Bonchev–Trinajstić information content (AvgIpc) is 2.69. The van der Waals surface area contributed by atoms with Crippen molar-refractivity contribution in [3.8, 4) is 0 Å². The molecule has 98 valence electrons. The predicted octanol–water partition coefficient (Wildman–Crippen LogP) is 0.931. The van der Waals surface area contributed by atoms with Crippen molar-refractivity contribution in [2.24, 2.45) is 15.7 Å². The van der Waals surface area contributed by atoms with Crippen molar-refractivity contribution in [1.82, 2.24) is 4.90 Å². The van der Waals surface area contributed by atoms with Crippen LogP contribution in [-0.4, -0.2) is 47.9 Å². The highest BCUT2D eigenvalue weighted by atomic mass is 16.6. The Labute approximate surface area is 106 Å². The van der Waals surface area contributed by atoms with Crippen LogP contribution in [0.25, 0.3) is 0 Å². The molecule has 0 radical (unpaired) electrons. The molecule has 2 heterocycles. The third-order valence-corrected chi connectivity index (χ3v) is 2.97. The lowest BCUT2D eigenvalue weighted by molar-refractivity contribution is 0.168. The average molecular weight is 250 g/mol. The standard InChI is InChI=1S/C12H18N4O2/c1-8(13)15-10-5-3-4-6-14-9(2)16-11(10)7-18-12(16)17/h3,5,10-11H,4,6-7H2,1-2H3,(H2,13,15). The lowest BCUT2D eigenvalue weighted by atomic mass is 10.1. The van der Waals surface area contributed by atoms with E-state index in [1.165, 1.54) is 0 Å². The molecule has 1 amide bonds. The van der Waals surface area contributed by atoms with Crippen LogP contribution in [0.3, 0.4) is 0 Å². The second-order valence-electron chi connectivity index (χ2n) is 4.42. The van der Waals surface area contributed by atoms with Crippen molar-refractivity contribution in [3.63, 3.8) is 0 Å². The van der Waals surface area contributed by atoms with E-state index in [2.05, 4.69) is 9.98 Å². The van der Waals surface area contributed by atoms with E-state index in [4.69, 9.17) is 10.5 Å². The van der Waals surface area contributed by atoms with E-state index in [1.54, 1.807) is 11.8 Å². The van der Waals surface area contributed by atoms with Gasteiger partial charge in [0.2, 0.25) is 0 Å². The molecular weight excluding hydrogens is 232 g/mol. The minimum absolute atomic E-state index is 0.158. The highest BCUT2D eigenvalue weighted by Gasteiger charge is 2.39. The molecule has 6 nitrogen and oxygen atoms in total. The van der Waals surface area contributed by atoms with Crippen molar-refractivity contribution in [1.29, 1.82) is 0 Å². The molecule has 0 saturated carbocycles. The van der Waals surface area contributed by atoms with Crippen molar-refractivity contribution in [2.75, 3.05) is 13.2 Å². The Morgan fingerprint density at radius 2 is 2.44 bits per heavy atom. The summed E-state index contributed by atoms with van der Waals surface area (Å²) in [5.74, 6) is 1.18. The first kappa shape index (κ1) is 12.6. The third-order valence-electron chi connectivity index (χ3n) is 2.97. The molecule has 0 aromatic heterocycles. The van der Waals surface area contributed by atoms with Crippen molar-refractivity contribution in [3.05, 3.63) is 12.2 Å². The molecule has 2 unspecified atom stereocenters. The largest absolute Gasteiger partial charge is 0.447 e. The maximum Gasteiger partial charge on any atom is 0.415 e. The molecule has 2 N–H and O–H groups in total. The number of ether oxygens (including phenoxy) is 1. The first-order valence-electron chi connectivity index (χ1n) is 6.03. The molecule has 0 bridgehead atoms. The number of aliphatic imine (C=N–C) groups is 2. The van der Waals surface area contributed by atoms with Crippen LogP contribution in [0.1, 0.15) is 20.3 Å². The van der Waals surface area contributed by atoms with Crippen LogP contribution in [0, 0.1) is 0 Å². The summed E-state index contributed by atoms with van der Waals surface area (Å²) in [6.45, 7) is 4.54. The van der Waals surface area contributed by atoms with E-state index < -0.39 is 0 Å². The Bertz CT molecular complexity index is 424. The molecule has 2 atom stereocenters. The van der Waals surface area contributed by atoms with Gasteiger partial charge in [0, 0.05) is 6.54 Å². The molecule has 2 aliphatic rings. The number of cyclic esters (lactones) is 1. The third kappa shape index (κ3) is 2.52. The number of nitrogens with zero attached hydrogens (tertiary/aromatic N) is 3. The Kier molecular flexibility index (Phi) is 3.64. The maximum absolute atomic E-state index is 11.7. The van der Waals surface area contributed by atoms with Crippen LogP contribution >= 0.6 is 0 Å². The van der Waals surface area contributed by atoms with Crippen molar-refractivity contribution < 1.29 is 9.53 Å². The molecule has 0 aromatic rings. The Balaban J connectivity index is 2.35. The van der Waals surface area contributed by atoms with Crippen molar-refractivity contribution in [2.45, 2.75) is 32.4 Å². The second kappa shape index (κ2) is 5.20. The zero-order chi connectivity index (χ0) is 13.1. The second-order valence-corrected chi connectivity index (χ2v) is 4.42. The Morgan fingerprint density at radius 3 is 3.17 bits per heavy atom. The van der Waals surface area contributed by atoms with E-state index in [9.17, 15) is 4.79 Å². The molecular formula is C12H18N4O2. The summed E-state index contributed by atoms with van der Waals surface area (Å²) in [5.41, 5.74) is 5.65. The minimum atomic E-state index is -0.355. The number of carbonyl (C=O) groups is 1. The fourth-order valence-electron chi connectivity index (χ4n) is 2.16. The van der Waals surface area contributed by atoms with Gasteiger partial charge in [-0.2, -0.15) is 0 Å². The van der Waals surface area contributed by atoms with Gasteiger partial charge in [-0.1, -0.05) is 12.2 Å². The number of fused-ring (bicyclic) bond motifs is 1. The highest BCUT2D eigenvalue weighted by Crippen LogP contribution is 2.20. The minimum Gasteiger partial charge on any atom is -0.447 e. The van der Waals surface area contributed by atoms with Gasteiger partial charge in [-0.3, -0.25) is 14.9 Å². The molecule has 0 aromatic carbocycles. The number of carbonyl (C=O) groups excluding carboxylic acids is 1. The molecule has 0 aliphatic carbocycles. The van der Waals surface area contributed by atoms with Gasteiger partial charge in [0.25, 0.3) is 0 Å². The topological polar surface area (TPSA) is 80.3 Å². The lowest BCUT2D eigenvalue weighted by Gasteiger charge is -2.24. The number of amides is 1. The molecule has 18 heavy (non-hydrogen) atoms. The molecule has 0 spiro atoms. The Morgan fingerprint density at radius 1 is 1.67 bits per heavy atom. The van der Waals surface area contributed by atoms with Crippen LogP contribution in [0.4, 0.5) is 4.79 Å². The van der Waals surface area contributed by atoms with E-state index in [1.807, 2.05) is 19.1 Å². The summed E-state index contributed by atoms with van der Waals surface area (Å²) >= 11 is 0. The molecule has 6 heteroatoms. The van der Waals surface area contributed by atoms with Gasteiger partial charge >= 0.3 is 6.09 Å². The summed E-state index contributed by atoms with van der Waals surface area (Å²) < 4.78 is 5.10. The first-order chi connectivity index (χ1) is 8.59. The quantitative estimate of drug-likeness (QED) is 0.427. The van der Waals surface area contributed by atoms with E-state index in [0.29, 0.717) is 24.8 Å². The predicted molar refractivity (Wildman–Crippen MR) is 69.8 cm³/mol. The number of amidine groups is 2. The summed E-state index contributed by atoms with van der Waals surface area (Å²) in [4.78, 5) is 22.1. The summed E-state index contributed by atoms with van der Waals surface area (Å²) in [6.07, 6.45) is 4.48. The van der Waals surface area contributed by atoms with Gasteiger partial charge in [-0.25, -0.2) is 4.79 Å². The van der Waals surface area contributed by atoms with E-state index >= 15 is 0 Å². The van der Waals surface area contributed by atoms with Crippen LogP contribution in [0.15, 0.2) is 22.1 Å². The van der Waals surface area contributed by atoms with Gasteiger partial charge in [0.1, 0.15) is 18.5 Å². The number of hydrogen-bond acceptors (Lipinski definition) is 4. The smallest absolute Gasteiger partial charge is 0.415 e. The van der Waals surface area contributed by atoms with Crippen molar-refractivity contribution >= 4 is 17.8 Å². The summed E-state index contributed by atoms with van der Waals surface area (Å²) in [5, 5.41) is 0. The van der Waals surface area contributed by atoms with Gasteiger partial charge in [0.05, 0.1) is 11.9 Å². The van der Waals surface area contributed by atoms with Crippen LogP contribution in [-0.2, 0) is 4.74 Å². The zero-order valence-electron chi connectivity index (χ0n) is 10.7. The molecule has 2 rings (SSSR count). The Hall–Kier alpha value is -1.85. The van der Waals surface area contributed by atoms with E-state index in [-0.39, 0.29) is 18.2 Å². The number of nitrogens with two attached hydrogens (primary N) is 1. The van der Waals surface area contributed by atoms with Gasteiger partial charge < -0.3 is 10.5 Å².